The fourth-order valence-electron chi connectivity index (χ4n) is 1.78. The maximum absolute atomic E-state index is 5.73. The first-order valence-corrected chi connectivity index (χ1v) is 6.63. The summed E-state index contributed by atoms with van der Waals surface area (Å²) in [4.78, 5) is 4.73. The van der Waals surface area contributed by atoms with Crippen LogP contribution < -0.4 is 5.73 Å². The van der Waals surface area contributed by atoms with Crippen molar-refractivity contribution in [2.24, 2.45) is 11.1 Å². The van der Waals surface area contributed by atoms with Gasteiger partial charge in [0.1, 0.15) is 0 Å². The summed E-state index contributed by atoms with van der Waals surface area (Å²) < 4.78 is 0. The van der Waals surface area contributed by atoms with Crippen LogP contribution in [0.3, 0.4) is 0 Å². The van der Waals surface area contributed by atoms with Crippen molar-refractivity contribution >= 4 is 11.3 Å². The van der Waals surface area contributed by atoms with Gasteiger partial charge in [0.15, 0.2) is 0 Å². The van der Waals surface area contributed by atoms with E-state index in [4.69, 9.17) is 10.7 Å². The third-order valence-corrected chi connectivity index (χ3v) is 4.14. The largest absolute Gasteiger partial charge is 0.330 e. The molecule has 0 saturated heterocycles. The van der Waals surface area contributed by atoms with Crippen molar-refractivity contribution in [3.8, 4) is 0 Å². The van der Waals surface area contributed by atoms with Crippen molar-refractivity contribution in [3.05, 3.63) is 16.1 Å². The fourth-order valence-corrected chi connectivity index (χ4v) is 2.91. The lowest BCUT2D eigenvalue weighted by atomic mass is 9.83. The molecule has 0 bridgehead atoms. The summed E-state index contributed by atoms with van der Waals surface area (Å²) in [6.45, 7) is 5.14. The SMILES string of the molecule is CC(C)(CN)Cc1nc(C2CCC2)cs1. The van der Waals surface area contributed by atoms with Crippen LogP contribution in [0.4, 0.5) is 0 Å². The molecule has 0 unspecified atom stereocenters. The molecule has 0 radical (unpaired) electrons. The van der Waals surface area contributed by atoms with Crippen LogP contribution in [0, 0.1) is 5.41 Å². The van der Waals surface area contributed by atoms with Crippen molar-refractivity contribution in [1.82, 2.24) is 4.98 Å². The van der Waals surface area contributed by atoms with Crippen LogP contribution in [0.25, 0.3) is 0 Å². The molecule has 0 atom stereocenters. The summed E-state index contributed by atoms with van der Waals surface area (Å²) in [6.07, 6.45) is 5.07. The average molecular weight is 224 g/mol. The van der Waals surface area contributed by atoms with Gasteiger partial charge in [0.25, 0.3) is 0 Å². The van der Waals surface area contributed by atoms with Gasteiger partial charge >= 0.3 is 0 Å². The molecule has 2 N–H and O–H groups in total. The first-order valence-electron chi connectivity index (χ1n) is 5.75. The number of hydrogen-bond donors (Lipinski definition) is 1. The number of nitrogens with zero attached hydrogens (tertiary/aromatic N) is 1. The minimum absolute atomic E-state index is 0.189. The van der Waals surface area contributed by atoms with Crippen LogP contribution in [-0.2, 0) is 6.42 Å². The maximum atomic E-state index is 5.73. The van der Waals surface area contributed by atoms with Crippen LogP contribution in [0.2, 0.25) is 0 Å². The molecule has 1 heterocycles. The molecule has 0 spiro atoms. The third-order valence-electron chi connectivity index (χ3n) is 3.28. The standard InChI is InChI=1S/C12H20N2S/c1-12(2,8-13)6-11-14-10(7-15-11)9-4-3-5-9/h7,9H,3-6,8,13H2,1-2H3. The van der Waals surface area contributed by atoms with Gasteiger partial charge in [-0.25, -0.2) is 4.98 Å². The zero-order valence-electron chi connectivity index (χ0n) is 9.62. The molecule has 0 aromatic carbocycles. The van der Waals surface area contributed by atoms with Gasteiger partial charge in [0, 0.05) is 17.7 Å². The molecule has 0 aliphatic heterocycles. The Kier molecular flexibility index (Phi) is 3.12. The lowest BCUT2D eigenvalue weighted by Gasteiger charge is -2.23. The topological polar surface area (TPSA) is 38.9 Å². The summed E-state index contributed by atoms with van der Waals surface area (Å²) >= 11 is 1.80. The molecule has 1 fully saturated rings. The lowest BCUT2D eigenvalue weighted by molar-refractivity contribution is 0.373. The summed E-state index contributed by atoms with van der Waals surface area (Å²) in [5.41, 5.74) is 7.25. The average Bonchev–Trinajstić information content (AvgIpc) is 2.49. The molecular formula is C12H20N2S. The van der Waals surface area contributed by atoms with E-state index in [0.717, 1.165) is 18.9 Å². The minimum atomic E-state index is 0.189. The molecule has 1 saturated carbocycles. The number of rotatable bonds is 4. The van der Waals surface area contributed by atoms with E-state index < -0.39 is 0 Å². The predicted octanol–water partition coefficient (Wildman–Crippen LogP) is 2.94. The minimum Gasteiger partial charge on any atom is -0.330 e. The van der Waals surface area contributed by atoms with Crippen LogP contribution in [0.1, 0.15) is 49.7 Å². The first-order chi connectivity index (χ1) is 7.11. The molecule has 3 heteroatoms. The van der Waals surface area contributed by atoms with Gasteiger partial charge in [0.2, 0.25) is 0 Å². The molecule has 0 amide bonds. The van der Waals surface area contributed by atoms with E-state index in [1.165, 1.54) is 30.0 Å². The van der Waals surface area contributed by atoms with Gasteiger partial charge in [-0.2, -0.15) is 0 Å². The predicted molar refractivity (Wildman–Crippen MR) is 65.2 cm³/mol. The normalized spacial score (nSPS) is 17.8. The molecule has 1 aromatic heterocycles. The van der Waals surface area contributed by atoms with Crippen LogP contribution in [0.5, 0.6) is 0 Å². The Hall–Kier alpha value is -0.410. The highest BCUT2D eigenvalue weighted by molar-refractivity contribution is 7.09. The van der Waals surface area contributed by atoms with E-state index in [1.807, 2.05) is 0 Å². The molecule has 15 heavy (non-hydrogen) atoms. The molecule has 1 aromatic rings. The van der Waals surface area contributed by atoms with E-state index in [-0.39, 0.29) is 5.41 Å². The Morgan fingerprint density at radius 3 is 2.80 bits per heavy atom. The second-order valence-electron chi connectivity index (χ2n) is 5.34. The van der Waals surface area contributed by atoms with Gasteiger partial charge in [-0.1, -0.05) is 20.3 Å². The van der Waals surface area contributed by atoms with Crippen LogP contribution in [0.15, 0.2) is 5.38 Å². The number of aromatic nitrogens is 1. The Balaban J connectivity index is 2.00. The fraction of sp³-hybridized carbons (Fsp3) is 0.750. The Morgan fingerprint density at radius 1 is 1.53 bits per heavy atom. The Bertz CT molecular complexity index is 326. The van der Waals surface area contributed by atoms with Crippen molar-refractivity contribution in [2.45, 2.75) is 45.4 Å². The summed E-state index contributed by atoms with van der Waals surface area (Å²) in [6, 6.07) is 0. The molecule has 2 nitrogen and oxygen atoms in total. The first kappa shape index (κ1) is 11.1. The summed E-state index contributed by atoms with van der Waals surface area (Å²) in [5.74, 6) is 0.760. The number of nitrogens with two attached hydrogens (primary N) is 1. The molecule has 2 rings (SSSR count). The monoisotopic (exact) mass is 224 g/mol. The highest BCUT2D eigenvalue weighted by atomic mass is 32.1. The highest BCUT2D eigenvalue weighted by Gasteiger charge is 2.23. The molecular weight excluding hydrogens is 204 g/mol. The van der Waals surface area contributed by atoms with Crippen molar-refractivity contribution in [1.29, 1.82) is 0 Å². The van der Waals surface area contributed by atoms with Gasteiger partial charge in [-0.15, -0.1) is 11.3 Å². The molecule has 84 valence electrons. The Labute approximate surface area is 95.9 Å². The van der Waals surface area contributed by atoms with Gasteiger partial charge in [0.05, 0.1) is 10.7 Å². The molecule has 1 aliphatic rings. The van der Waals surface area contributed by atoms with Gasteiger partial charge in [-0.3, -0.25) is 0 Å². The van der Waals surface area contributed by atoms with Crippen molar-refractivity contribution in [3.63, 3.8) is 0 Å². The second-order valence-corrected chi connectivity index (χ2v) is 6.28. The van der Waals surface area contributed by atoms with Gasteiger partial charge in [-0.05, 0) is 24.8 Å². The zero-order valence-corrected chi connectivity index (χ0v) is 10.4. The van der Waals surface area contributed by atoms with Gasteiger partial charge < -0.3 is 5.73 Å². The van der Waals surface area contributed by atoms with Crippen molar-refractivity contribution in [2.75, 3.05) is 6.54 Å². The van der Waals surface area contributed by atoms with E-state index in [2.05, 4.69) is 19.2 Å². The van der Waals surface area contributed by atoms with E-state index in [0.29, 0.717) is 0 Å². The quantitative estimate of drug-likeness (QED) is 0.854. The molecule has 1 aliphatic carbocycles. The third kappa shape index (κ3) is 2.58. The van der Waals surface area contributed by atoms with E-state index >= 15 is 0 Å². The second kappa shape index (κ2) is 4.22. The Morgan fingerprint density at radius 2 is 2.27 bits per heavy atom. The summed E-state index contributed by atoms with van der Waals surface area (Å²) in [7, 11) is 0. The zero-order chi connectivity index (χ0) is 10.9. The maximum Gasteiger partial charge on any atom is 0.0934 e. The van der Waals surface area contributed by atoms with Crippen LogP contribution >= 0.6 is 11.3 Å². The summed E-state index contributed by atoms with van der Waals surface area (Å²) in [5, 5.41) is 3.50. The van der Waals surface area contributed by atoms with Crippen molar-refractivity contribution < 1.29 is 0 Å². The highest BCUT2D eigenvalue weighted by Crippen LogP contribution is 2.37. The number of hydrogen-bond acceptors (Lipinski definition) is 3. The smallest absolute Gasteiger partial charge is 0.0934 e. The van der Waals surface area contributed by atoms with E-state index in [9.17, 15) is 0 Å². The van der Waals surface area contributed by atoms with E-state index in [1.54, 1.807) is 11.3 Å². The number of thiazole rings is 1. The van der Waals surface area contributed by atoms with Crippen LogP contribution in [-0.4, -0.2) is 11.5 Å². The lowest BCUT2D eigenvalue weighted by Crippen LogP contribution is -2.25.